The highest BCUT2D eigenvalue weighted by molar-refractivity contribution is 14.0. The minimum atomic E-state index is 0. The van der Waals surface area contributed by atoms with Gasteiger partial charge in [-0.2, -0.15) is 0 Å². The van der Waals surface area contributed by atoms with E-state index in [1.54, 1.807) is 14.2 Å². The van der Waals surface area contributed by atoms with Crippen LogP contribution in [0.3, 0.4) is 0 Å². The number of hydrogen-bond donors (Lipinski definition) is 2. The second kappa shape index (κ2) is 17.1. The molecular formula is C20H36IN3O3. The zero-order valence-electron chi connectivity index (χ0n) is 17.1. The van der Waals surface area contributed by atoms with Crippen LogP contribution in [0.25, 0.3) is 0 Å². The van der Waals surface area contributed by atoms with Crippen LogP contribution in [0, 0.1) is 5.92 Å². The van der Waals surface area contributed by atoms with Crippen molar-refractivity contribution in [3.05, 3.63) is 29.8 Å². The molecule has 0 spiro atoms. The van der Waals surface area contributed by atoms with E-state index >= 15 is 0 Å². The van der Waals surface area contributed by atoms with E-state index in [0.717, 1.165) is 56.4 Å². The lowest BCUT2D eigenvalue weighted by Gasteiger charge is -2.12. The maximum absolute atomic E-state index is 5.70. The molecule has 7 heteroatoms. The molecule has 0 heterocycles. The number of benzene rings is 1. The summed E-state index contributed by atoms with van der Waals surface area (Å²) in [6.07, 6.45) is 1.90. The van der Waals surface area contributed by atoms with Crippen molar-refractivity contribution in [2.75, 3.05) is 47.1 Å². The SMILES string of the molecule is CN=C(NCCCOCc1ccc(OC)cc1)NCCCOCC(C)C.I. The molecule has 0 aliphatic rings. The third-order valence-corrected chi connectivity index (χ3v) is 3.62. The van der Waals surface area contributed by atoms with Crippen molar-refractivity contribution < 1.29 is 14.2 Å². The molecule has 0 aliphatic heterocycles. The summed E-state index contributed by atoms with van der Waals surface area (Å²) in [6.45, 7) is 8.92. The summed E-state index contributed by atoms with van der Waals surface area (Å²) in [5.41, 5.74) is 1.15. The largest absolute Gasteiger partial charge is 0.497 e. The van der Waals surface area contributed by atoms with E-state index in [1.165, 1.54) is 0 Å². The summed E-state index contributed by atoms with van der Waals surface area (Å²) in [5.74, 6) is 2.27. The smallest absolute Gasteiger partial charge is 0.190 e. The second-order valence-electron chi connectivity index (χ2n) is 6.50. The molecule has 0 unspecified atom stereocenters. The van der Waals surface area contributed by atoms with Crippen LogP contribution in [-0.2, 0) is 16.1 Å². The average molecular weight is 493 g/mol. The monoisotopic (exact) mass is 493 g/mol. The van der Waals surface area contributed by atoms with Gasteiger partial charge in [0.25, 0.3) is 0 Å². The zero-order chi connectivity index (χ0) is 19.0. The molecule has 0 amide bonds. The Morgan fingerprint density at radius 3 is 2.11 bits per heavy atom. The topological polar surface area (TPSA) is 64.1 Å². The summed E-state index contributed by atoms with van der Waals surface area (Å²) >= 11 is 0. The number of aliphatic imine (C=N–C) groups is 1. The van der Waals surface area contributed by atoms with Crippen molar-refractivity contribution in [1.29, 1.82) is 0 Å². The average Bonchev–Trinajstić information content (AvgIpc) is 2.65. The fourth-order valence-electron chi connectivity index (χ4n) is 2.21. The van der Waals surface area contributed by atoms with Gasteiger partial charge in [0, 0.05) is 40.0 Å². The number of nitrogens with zero attached hydrogens (tertiary/aromatic N) is 1. The molecular weight excluding hydrogens is 457 g/mol. The van der Waals surface area contributed by atoms with Crippen LogP contribution in [0.5, 0.6) is 5.75 Å². The second-order valence-corrected chi connectivity index (χ2v) is 6.50. The molecule has 1 rings (SSSR count). The van der Waals surface area contributed by atoms with E-state index in [9.17, 15) is 0 Å². The van der Waals surface area contributed by atoms with Crippen molar-refractivity contribution in [3.8, 4) is 5.75 Å². The maximum atomic E-state index is 5.70. The third kappa shape index (κ3) is 13.7. The minimum absolute atomic E-state index is 0. The Balaban J connectivity index is 0.00000676. The quantitative estimate of drug-likeness (QED) is 0.191. The zero-order valence-corrected chi connectivity index (χ0v) is 19.5. The molecule has 1 aromatic rings. The third-order valence-electron chi connectivity index (χ3n) is 3.62. The highest BCUT2D eigenvalue weighted by Crippen LogP contribution is 2.11. The lowest BCUT2D eigenvalue weighted by molar-refractivity contribution is 0.108. The highest BCUT2D eigenvalue weighted by Gasteiger charge is 1.99. The van der Waals surface area contributed by atoms with E-state index in [-0.39, 0.29) is 24.0 Å². The Kier molecular flexibility index (Phi) is 16.4. The van der Waals surface area contributed by atoms with Gasteiger partial charge in [-0.1, -0.05) is 26.0 Å². The highest BCUT2D eigenvalue weighted by atomic mass is 127. The lowest BCUT2D eigenvalue weighted by Crippen LogP contribution is -2.38. The Morgan fingerprint density at radius 2 is 1.59 bits per heavy atom. The van der Waals surface area contributed by atoms with Crippen molar-refractivity contribution >= 4 is 29.9 Å². The van der Waals surface area contributed by atoms with Crippen LogP contribution in [0.15, 0.2) is 29.3 Å². The normalized spacial score (nSPS) is 11.2. The summed E-state index contributed by atoms with van der Waals surface area (Å²) in [7, 11) is 3.45. The Labute approximate surface area is 181 Å². The fraction of sp³-hybridized carbons (Fsp3) is 0.650. The van der Waals surface area contributed by atoms with Crippen LogP contribution in [0.4, 0.5) is 0 Å². The van der Waals surface area contributed by atoms with Gasteiger partial charge in [0.05, 0.1) is 13.7 Å². The van der Waals surface area contributed by atoms with Gasteiger partial charge in [-0.3, -0.25) is 4.99 Å². The van der Waals surface area contributed by atoms with Gasteiger partial charge in [0.15, 0.2) is 5.96 Å². The van der Waals surface area contributed by atoms with Gasteiger partial charge in [-0.05, 0) is 36.5 Å². The maximum Gasteiger partial charge on any atom is 0.190 e. The van der Waals surface area contributed by atoms with E-state index in [1.807, 2.05) is 24.3 Å². The molecule has 6 nitrogen and oxygen atoms in total. The summed E-state index contributed by atoms with van der Waals surface area (Å²) in [4.78, 5) is 4.22. The predicted octanol–water partition coefficient (Wildman–Crippen LogP) is 3.45. The number of halogens is 1. The van der Waals surface area contributed by atoms with Gasteiger partial charge in [0.2, 0.25) is 0 Å². The molecule has 156 valence electrons. The van der Waals surface area contributed by atoms with Crippen molar-refractivity contribution in [1.82, 2.24) is 10.6 Å². The number of rotatable bonds is 13. The van der Waals surface area contributed by atoms with Gasteiger partial charge >= 0.3 is 0 Å². The molecule has 0 saturated carbocycles. The van der Waals surface area contributed by atoms with Crippen molar-refractivity contribution in [3.63, 3.8) is 0 Å². The summed E-state index contributed by atoms with van der Waals surface area (Å²) in [6, 6.07) is 7.94. The van der Waals surface area contributed by atoms with Crippen LogP contribution in [0.2, 0.25) is 0 Å². The first-order chi connectivity index (χ1) is 12.7. The molecule has 0 atom stereocenters. The fourth-order valence-corrected chi connectivity index (χ4v) is 2.21. The molecule has 0 saturated heterocycles. The number of nitrogens with one attached hydrogen (secondary N) is 2. The Morgan fingerprint density at radius 1 is 1.00 bits per heavy atom. The first kappa shape index (κ1) is 25.9. The van der Waals surface area contributed by atoms with Gasteiger partial charge < -0.3 is 24.8 Å². The van der Waals surface area contributed by atoms with E-state index < -0.39 is 0 Å². The molecule has 2 N–H and O–H groups in total. The van der Waals surface area contributed by atoms with Crippen LogP contribution in [0.1, 0.15) is 32.3 Å². The van der Waals surface area contributed by atoms with Crippen molar-refractivity contribution in [2.45, 2.75) is 33.3 Å². The summed E-state index contributed by atoms with van der Waals surface area (Å²) in [5, 5.41) is 6.59. The number of methoxy groups -OCH3 is 1. The lowest BCUT2D eigenvalue weighted by atomic mass is 10.2. The predicted molar refractivity (Wildman–Crippen MR) is 122 cm³/mol. The van der Waals surface area contributed by atoms with E-state index in [4.69, 9.17) is 14.2 Å². The van der Waals surface area contributed by atoms with Crippen molar-refractivity contribution in [2.24, 2.45) is 10.9 Å². The molecule has 27 heavy (non-hydrogen) atoms. The molecule has 0 aliphatic carbocycles. The van der Waals surface area contributed by atoms with Gasteiger partial charge in [-0.25, -0.2) is 0 Å². The van der Waals surface area contributed by atoms with Gasteiger partial charge in [-0.15, -0.1) is 24.0 Å². The standard InChI is InChI=1S/C20H35N3O3.HI/c1-17(2)15-25-13-5-11-22-20(21-3)23-12-6-14-26-16-18-7-9-19(24-4)10-8-18;/h7-10,17H,5-6,11-16H2,1-4H3,(H2,21,22,23);1H. The molecule has 0 aromatic heterocycles. The van der Waals surface area contributed by atoms with Crippen LogP contribution in [-0.4, -0.2) is 53.0 Å². The number of ether oxygens (including phenoxy) is 3. The molecule has 0 fully saturated rings. The van der Waals surface area contributed by atoms with E-state index in [2.05, 4.69) is 29.5 Å². The van der Waals surface area contributed by atoms with E-state index in [0.29, 0.717) is 19.1 Å². The Hall–Kier alpha value is -1.06. The number of guanidine groups is 1. The summed E-state index contributed by atoms with van der Waals surface area (Å²) < 4.78 is 16.4. The molecule has 1 aromatic carbocycles. The van der Waals surface area contributed by atoms with Gasteiger partial charge in [0.1, 0.15) is 5.75 Å². The Bertz CT molecular complexity index is 496. The first-order valence-corrected chi connectivity index (χ1v) is 9.38. The first-order valence-electron chi connectivity index (χ1n) is 9.38. The van der Waals surface area contributed by atoms with Crippen LogP contribution >= 0.6 is 24.0 Å². The minimum Gasteiger partial charge on any atom is -0.497 e. The molecule has 0 radical (unpaired) electrons. The molecule has 0 bridgehead atoms. The number of hydrogen-bond acceptors (Lipinski definition) is 4. The van der Waals surface area contributed by atoms with Crippen LogP contribution < -0.4 is 15.4 Å².